The second kappa shape index (κ2) is 11.0. The molecular formula is C26H29ClN4O2S+2. The molecule has 0 bridgehead atoms. The molecule has 3 heterocycles. The van der Waals surface area contributed by atoms with Crippen LogP contribution in [-0.4, -0.2) is 39.0 Å². The molecule has 4 aromatic rings. The molecular weight excluding hydrogens is 468 g/mol. The van der Waals surface area contributed by atoms with Crippen molar-refractivity contribution < 1.29 is 20.8 Å². The fourth-order valence-corrected chi connectivity index (χ4v) is 5.66. The summed E-state index contributed by atoms with van der Waals surface area (Å²) in [5, 5.41) is 4.58. The molecule has 1 saturated heterocycles. The topological polar surface area (TPSA) is 52.4 Å². The molecule has 1 aliphatic heterocycles. The van der Waals surface area contributed by atoms with E-state index >= 15 is 0 Å². The molecule has 0 spiro atoms. The molecule has 5 rings (SSSR count). The number of piperidine rings is 1. The molecule has 0 unspecified atom stereocenters. The molecule has 1 aliphatic rings. The molecule has 0 radical (unpaired) electrons. The molecule has 0 saturated carbocycles. The van der Waals surface area contributed by atoms with Gasteiger partial charge in [-0.05, 0) is 37.8 Å². The van der Waals surface area contributed by atoms with Gasteiger partial charge >= 0.3 is 0 Å². The molecule has 2 aromatic heterocycles. The van der Waals surface area contributed by atoms with Crippen LogP contribution in [0, 0.1) is 11.6 Å². The van der Waals surface area contributed by atoms with Gasteiger partial charge in [0.25, 0.3) is 0 Å². The number of benzene rings is 1. The van der Waals surface area contributed by atoms with Gasteiger partial charge in [0.1, 0.15) is 17.6 Å². The fourth-order valence-electron chi connectivity index (χ4n) is 4.96. The zero-order valence-electron chi connectivity index (χ0n) is 19.2. The highest BCUT2D eigenvalue weighted by Crippen LogP contribution is 2.39. The van der Waals surface area contributed by atoms with Gasteiger partial charge in [0, 0.05) is 67.9 Å². The maximum absolute atomic E-state index is 5.56. The minimum atomic E-state index is 0.418. The second-order valence-corrected chi connectivity index (χ2v) is 9.92. The average Bonchev–Trinajstić information content (AvgIpc) is 3.34. The first-order chi connectivity index (χ1) is 16.7. The summed E-state index contributed by atoms with van der Waals surface area (Å²) in [6, 6.07) is 13.0. The lowest BCUT2D eigenvalue weighted by Crippen LogP contribution is -2.28. The van der Waals surface area contributed by atoms with Gasteiger partial charge in [-0.2, -0.15) is 0 Å². The number of imidazole rings is 1. The van der Waals surface area contributed by atoms with Crippen LogP contribution in [0.2, 0.25) is 5.02 Å². The maximum Gasteiger partial charge on any atom is 0.245 e. The van der Waals surface area contributed by atoms with Gasteiger partial charge in [-0.25, -0.2) is 19.2 Å². The number of aryl methyl sites for hydroxylation is 2. The third kappa shape index (κ3) is 5.19. The third-order valence-corrected chi connectivity index (χ3v) is 7.57. The number of halogens is 1. The number of fused-ring (bicyclic) bond motifs is 2. The third-order valence-electron chi connectivity index (χ3n) is 6.54. The summed E-state index contributed by atoms with van der Waals surface area (Å²) < 4.78 is 9.42. The van der Waals surface area contributed by atoms with E-state index < -0.39 is 0 Å². The zero-order chi connectivity index (χ0) is 23.3. The van der Waals surface area contributed by atoms with Gasteiger partial charge < -0.3 is 4.57 Å². The Morgan fingerprint density at radius 2 is 2.06 bits per heavy atom. The Bertz CT molecular complexity index is 1270. The van der Waals surface area contributed by atoms with Crippen LogP contribution in [0.25, 0.3) is 21.7 Å². The van der Waals surface area contributed by atoms with Crippen LogP contribution in [0.5, 0.6) is 0 Å². The number of hydrogen-bond acceptors (Lipinski definition) is 6. The van der Waals surface area contributed by atoms with Gasteiger partial charge in [-0.15, -0.1) is 4.33 Å². The Balaban J connectivity index is 1.56. The Hall–Kier alpha value is -2.29. The predicted molar refractivity (Wildman–Crippen MR) is 134 cm³/mol. The van der Waals surface area contributed by atoms with E-state index in [1.165, 1.54) is 46.6 Å². The lowest BCUT2D eigenvalue weighted by Gasteiger charge is -2.28. The Kier molecular flexibility index (Phi) is 7.57. The first-order valence-electron chi connectivity index (χ1n) is 11.7. The predicted octanol–water partition coefficient (Wildman–Crippen LogP) is 5.52. The fraction of sp³-hybridized carbons (Fsp3) is 0.346. The van der Waals surface area contributed by atoms with Crippen LogP contribution in [0.15, 0.2) is 61.3 Å². The van der Waals surface area contributed by atoms with Crippen molar-refractivity contribution in [3.8, 4) is 0 Å². The summed E-state index contributed by atoms with van der Waals surface area (Å²) >= 11 is 6.85. The summed E-state index contributed by atoms with van der Waals surface area (Å²) in [7, 11) is 1.54. The van der Waals surface area contributed by atoms with Gasteiger partial charge in [-0.3, -0.25) is 0 Å². The SMILES string of the molecule is COOSN1CCC([c+]2c3ccc([ClH+])cc3cc(CCCn3ccnc3)c3cccnc32)CC1. The van der Waals surface area contributed by atoms with E-state index in [2.05, 4.69) is 44.2 Å². The number of rotatable bonds is 8. The maximum atomic E-state index is 5.56. The van der Waals surface area contributed by atoms with Gasteiger partial charge in [-0.1, -0.05) is 0 Å². The van der Waals surface area contributed by atoms with Gasteiger partial charge in [0.15, 0.2) is 17.1 Å². The highest BCUT2D eigenvalue weighted by Gasteiger charge is 2.29. The zero-order valence-corrected chi connectivity index (χ0v) is 20.9. The Morgan fingerprint density at radius 3 is 2.85 bits per heavy atom. The normalized spacial score (nSPS) is 15.4. The number of hydrogen-bond donors (Lipinski definition) is 0. The van der Waals surface area contributed by atoms with Crippen LogP contribution in [0.4, 0.5) is 0 Å². The Labute approximate surface area is 209 Å². The standard InChI is InChI=1S/C26H29ClN4O2S/c1-32-33-34-31-13-8-19(9-14-31)25-23-7-6-22(27)17-21(23)16-20(24-5-2-10-29-26(24)25)4-3-12-30-15-11-28-18-30/h2,5-7,10-11,15-19,27H,3-4,8-9,12-14H2,1H3/q+2. The summed E-state index contributed by atoms with van der Waals surface area (Å²) in [5.74, 6) is 0.418. The molecule has 0 amide bonds. The van der Waals surface area contributed by atoms with Crippen molar-refractivity contribution in [2.24, 2.45) is 0 Å². The van der Waals surface area contributed by atoms with E-state index in [-0.39, 0.29) is 0 Å². The average molecular weight is 497 g/mol. The van der Waals surface area contributed by atoms with E-state index in [0.29, 0.717) is 5.92 Å². The van der Waals surface area contributed by atoms with Crippen LogP contribution in [0.1, 0.15) is 36.3 Å². The molecule has 0 atom stereocenters. The monoisotopic (exact) mass is 496 g/mol. The minimum Gasteiger partial charge on any atom is -0.337 e. The molecule has 0 N–H and O–H groups in total. The Morgan fingerprint density at radius 1 is 1.18 bits per heavy atom. The highest BCUT2D eigenvalue weighted by molar-refractivity contribution is 7.92. The van der Waals surface area contributed by atoms with E-state index in [9.17, 15) is 0 Å². The molecule has 6 nitrogen and oxygen atoms in total. The van der Waals surface area contributed by atoms with Crippen LogP contribution in [0.3, 0.4) is 0 Å². The summed E-state index contributed by atoms with van der Waals surface area (Å²) in [6.45, 7) is 2.81. The quantitative estimate of drug-likeness (QED) is 0.105. The molecule has 0 aliphatic carbocycles. The van der Waals surface area contributed by atoms with Crippen molar-refractivity contribution in [1.82, 2.24) is 18.8 Å². The molecule has 1 fully saturated rings. The number of aromatic nitrogens is 3. The second-order valence-electron chi connectivity index (χ2n) is 8.65. The van der Waals surface area contributed by atoms with Crippen molar-refractivity contribution in [3.63, 3.8) is 0 Å². The van der Waals surface area contributed by atoms with Crippen molar-refractivity contribution >= 4 is 33.9 Å². The summed E-state index contributed by atoms with van der Waals surface area (Å²) in [4.78, 5) is 13.9. The first kappa shape index (κ1) is 23.5. The van der Waals surface area contributed by atoms with Crippen LogP contribution >= 0.6 is 12.2 Å². The summed E-state index contributed by atoms with van der Waals surface area (Å²) in [5.41, 5.74) is 3.78. The van der Waals surface area contributed by atoms with Crippen molar-refractivity contribution in [1.29, 1.82) is 0 Å². The molecule has 34 heavy (non-hydrogen) atoms. The summed E-state index contributed by atoms with van der Waals surface area (Å²) in [6.07, 6.45) is 11.7. The van der Waals surface area contributed by atoms with Crippen LogP contribution < -0.4 is 0 Å². The lowest BCUT2D eigenvalue weighted by molar-refractivity contribution is -0.288. The van der Waals surface area contributed by atoms with Crippen LogP contribution in [-0.2, 0) is 22.2 Å². The lowest BCUT2D eigenvalue weighted by atomic mass is 9.87. The first-order valence-corrected chi connectivity index (χ1v) is 12.8. The minimum absolute atomic E-state index is 0.418. The molecule has 176 valence electrons. The van der Waals surface area contributed by atoms with Gasteiger partial charge in [0.05, 0.1) is 35.8 Å². The van der Waals surface area contributed by atoms with E-state index in [4.69, 9.17) is 25.8 Å². The molecule has 2 aromatic carbocycles. The van der Waals surface area contributed by atoms with E-state index in [0.717, 1.165) is 55.9 Å². The number of nitrogens with zero attached hydrogens (tertiary/aromatic N) is 4. The highest BCUT2D eigenvalue weighted by atomic mass is 35.5. The van der Waals surface area contributed by atoms with Crippen molar-refractivity contribution in [3.05, 3.63) is 77.5 Å². The smallest absolute Gasteiger partial charge is 0.245 e. The van der Waals surface area contributed by atoms with E-state index in [1.807, 2.05) is 31.0 Å². The van der Waals surface area contributed by atoms with E-state index in [1.54, 1.807) is 0 Å². The molecule has 8 heteroatoms. The largest absolute Gasteiger partial charge is 0.337 e. The van der Waals surface area contributed by atoms with Gasteiger partial charge in [0.2, 0.25) is 5.02 Å². The number of pyridine rings is 1. The van der Waals surface area contributed by atoms with Crippen molar-refractivity contribution in [2.45, 2.75) is 38.1 Å². The van der Waals surface area contributed by atoms with Crippen molar-refractivity contribution in [2.75, 3.05) is 20.2 Å².